The predicted octanol–water partition coefficient (Wildman–Crippen LogP) is 3.36. The molecule has 0 atom stereocenters. The summed E-state index contributed by atoms with van der Waals surface area (Å²) in [5.74, 6) is -2.64. The second kappa shape index (κ2) is 7.96. The van der Waals surface area contributed by atoms with Gasteiger partial charge in [-0.05, 0) is 30.3 Å². The van der Waals surface area contributed by atoms with E-state index in [1.807, 2.05) is 4.90 Å². The van der Waals surface area contributed by atoms with Gasteiger partial charge < -0.3 is 9.80 Å². The van der Waals surface area contributed by atoms with Crippen LogP contribution >= 0.6 is 0 Å². The number of carbonyl (C=O) groups excluding carboxylic acids is 1. The first-order valence-corrected chi connectivity index (χ1v) is 8.36. The lowest BCUT2D eigenvalue weighted by atomic mass is 10.1. The molecule has 0 spiro atoms. The van der Waals surface area contributed by atoms with E-state index in [0.717, 1.165) is 18.2 Å². The SMILES string of the molecule is N#C/C(=C\c1c(F)cccc1F)C(=O)N1CCN(c2ccccc2F)CC1. The number of anilines is 1. The Bertz CT molecular complexity index is 908. The summed E-state index contributed by atoms with van der Waals surface area (Å²) in [6, 6.07) is 11.4. The molecule has 138 valence electrons. The lowest BCUT2D eigenvalue weighted by Crippen LogP contribution is -2.49. The second-order valence-electron chi connectivity index (χ2n) is 6.04. The predicted molar refractivity (Wildman–Crippen MR) is 95.1 cm³/mol. The van der Waals surface area contributed by atoms with Crippen molar-refractivity contribution in [1.29, 1.82) is 5.26 Å². The Labute approximate surface area is 154 Å². The van der Waals surface area contributed by atoms with Crippen molar-refractivity contribution in [3.63, 3.8) is 0 Å². The summed E-state index contributed by atoms with van der Waals surface area (Å²) in [5, 5.41) is 9.27. The van der Waals surface area contributed by atoms with Crippen LogP contribution in [0.25, 0.3) is 6.08 Å². The van der Waals surface area contributed by atoms with Gasteiger partial charge in [-0.15, -0.1) is 0 Å². The zero-order chi connectivity index (χ0) is 19.4. The van der Waals surface area contributed by atoms with Gasteiger partial charge in [0, 0.05) is 31.7 Å². The van der Waals surface area contributed by atoms with E-state index in [4.69, 9.17) is 0 Å². The Hall–Kier alpha value is -3.27. The van der Waals surface area contributed by atoms with E-state index in [9.17, 15) is 23.2 Å². The van der Waals surface area contributed by atoms with E-state index in [1.165, 1.54) is 17.0 Å². The average Bonchev–Trinajstić information content (AvgIpc) is 2.68. The molecule has 1 fully saturated rings. The van der Waals surface area contributed by atoms with Crippen LogP contribution in [0, 0.1) is 28.8 Å². The molecule has 1 heterocycles. The lowest BCUT2D eigenvalue weighted by molar-refractivity contribution is -0.126. The van der Waals surface area contributed by atoms with Gasteiger partial charge in [0.05, 0.1) is 5.69 Å². The molecule has 0 saturated carbocycles. The van der Waals surface area contributed by atoms with Crippen molar-refractivity contribution >= 4 is 17.7 Å². The van der Waals surface area contributed by atoms with Crippen LogP contribution < -0.4 is 4.90 Å². The fourth-order valence-electron chi connectivity index (χ4n) is 2.96. The number of nitriles is 1. The quantitative estimate of drug-likeness (QED) is 0.614. The maximum Gasteiger partial charge on any atom is 0.264 e. The second-order valence-corrected chi connectivity index (χ2v) is 6.04. The molecule has 4 nitrogen and oxygen atoms in total. The first-order valence-electron chi connectivity index (χ1n) is 8.36. The zero-order valence-corrected chi connectivity index (χ0v) is 14.3. The standard InChI is InChI=1S/C20H16F3N3O/c21-16-5-3-6-17(22)15(16)12-14(13-24)20(27)26-10-8-25(9-11-26)19-7-2-1-4-18(19)23/h1-7,12H,8-11H2/b14-12+. The van der Waals surface area contributed by atoms with Gasteiger partial charge in [0.25, 0.3) is 5.91 Å². The van der Waals surface area contributed by atoms with Crippen molar-refractivity contribution in [3.05, 3.63) is 71.1 Å². The maximum absolute atomic E-state index is 13.9. The van der Waals surface area contributed by atoms with E-state index in [-0.39, 0.29) is 24.5 Å². The highest BCUT2D eigenvalue weighted by molar-refractivity contribution is 6.01. The van der Waals surface area contributed by atoms with Crippen molar-refractivity contribution < 1.29 is 18.0 Å². The Morgan fingerprint density at radius 2 is 1.52 bits per heavy atom. The van der Waals surface area contributed by atoms with E-state index in [2.05, 4.69) is 0 Å². The maximum atomic E-state index is 13.9. The molecular weight excluding hydrogens is 355 g/mol. The number of amides is 1. The molecule has 1 saturated heterocycles. The van der Waals surface area contributed by atoms with Crippen molar-refractivity contribution in [2.75, 3.05) is 31.1 Å². The molecule has 0 aliphatic carbocycles. The van der Waals surface area contributed by atoms with Gasteiger partial charge in [-0.1, -0.05) is 18.2 Å². The number of halogens is 3. The Kier molecular flexibility index (Phi) is 5.46. The fourth-order valence-corrected chi connectivity index (χ4v) is 2.96. The highest BCUT2D eigenvalue weighted by Crippen LogP contribution is 2.21. The fraction of sp³-hybridized carbons (Fsp3) is 0.200. The minimum absolute atomic E-state index is 0.270. The van der Waals surface area contributed by atoms with Gasteiger partial charge in [0.1, 0.15) is 29.1 Å². The summed E-state index contributed by atoms with van der Waals surface area (Å²) in [4.78, 5) is 15.8. The number of piperazine rings is 1. The summed E-state index contributed by atoms with van der Waals surface area (Å²) >= 11 is 0. The Morgan fingerprint density at radius 3 is 2.11 bits per heavy atom. The largest absolute Gasteiger partial charge is 0.366 e. The highest BCUT2D eigenvalue weighted by atomic mass is 19.1. The molecule has 2 aromatic carbocycles. The molecule has 1 amide bonds. The number of para-hydroxylation sites is 1. The molecular formula is C20H16F3N3O. The molecule has 7 heteroatoms. The monoisotopic (exact) mass is 371 g/mol. The number of benzene rings is 2. The number of rotatable bonds is 3. The summed E-state index contributed by atoms with van der Waals surface area (Å²) < 4.78 is 41.4. The normalized spacial score (nSPS) is 14.8. The van der Waals surface area contributed by atoms with Crippen LogP contribution in [0.5, 0.6) is 0 Å². The Morgan fingerprint density at radius 1 is 0.926 bits per heavy atom. The Balaban J connectivity index is 1.74. The summed E-state index contributed by atoms with van der Waals surface area (Å²) in [5.41, 5.74) is -0.320. The van der Waals surface area contributed by atoms with Crippen LogP contribution in [-0.4, -0.2) is 37.0 Å². The molecule has 0 aromatic heterocycles. The third-order valence-corrected chi connectivity index (χ3v) is 4.40. The third-order valence-electron chi connectivity index (χ3n) is 4.40. The summed E-state index contributed by atoms with van der Waals surface area (Å²) in [7, 11) is 0. The highest BCUT2D eigenvalue weighted by Gasteiger charge is 2.25. The van der Waals surface area contributed by atoms with Gasteiger partial charge in [0.2, 0.25) is 0 Å². The minimum Gasteiger partial charge on any atom is -0.366 e. The van der Waals surface area contributed by atoms with Crippen molar-refractivity contribution in [1.82, 2.24) is 4.90 Å². The van der Waals surface area contributed by atoms with Crippen LogP contribution in [0.15, 0.2) is 48.0 Å². The van der Waals surface area contributed by atoms with Gasteiger partial charge in [-0.3, -0.25) is 4.79 Å². The minimum atomic E-state index is -0.847. The van der Waals surface area contributed by atoms with Gasteiger partial charge >= 0.3 is 0 Å². The van der Waals surface area contributed by atoms with Crippen molar-refractivity contribution in [2.24, 2.45) is 0 Å². The van der Waals surface area contributed by atoms with Crippen LogP contribution in [0.4, 0.5) is 18.9 Å². The number of nitrogens with zero attached hydrogens (tertiary/aromatic N) is 3. The molecule has 0 radical (unpaired) electrons. The smallest absolute Gasteiger partial charge is 0.264 e. The van der Waals surface area contributed by atoms with Crippen LogP contribution in [0.3, 0.4) is 0 Å². The average molecular weight is 371 g/mol. The third kappa shape index (κ3) is 3.95. The van der Waals surface area contributed by atoms with Crippen LogP contribution in [0.2, 0.25) is 0 Å². The van der Waals surface area contributed by atoms with E-state index >= 15 is 0 Å². The van der Waals surface area contributed by atoms with Gasteiger partial charge in [-0.25, -0.2) is 13.2 Å². The van der Waals surface area contributed by atoms with Crippen molar-refractivity contribution in [2.45, 2.75) is 0 Å². The van der Waals surface area contributed by atoms with Crippen LogP contribution in [0.1, 0.15) is 5.56 Å². The van der Waals surface area contributed by atoms with E-state index in [1.54, 1.807) is 24.3 Å². The first kappa shape index (κ1) is 18.5. The van der Waals surface area contributed by atoms with Gasteiger partial charge in [-0.2, -0.15) is 5.26 Å². The first-order chi connectivity index (χ1) is 13.0. The van der Waals surface area contributed by atoms with Crippen LogP contribution in [-0.2, 0) is 4.79 Å². The number of carbonyl (C=O) groups is 1. The molecule has 0 N–H and O–H groups in total. The zero-order valence-electron chi connectivity index (χ0n) is 14.3. The molecule has 3 rings (SSSR count). The topological polar surface area (TPSA) is 47.3 Å². The molecule has 0 unspecified atom stereocenters. The number of hydrogen-bond donors (Lipinski definition) is 0. The molecule has 0 bridgehead atoms. The number of hydrogen-bond acceptors (Lipinski definition) is 3. The summed E-state index contributed by atoms with van der Waals surface area (Å²) in [6.07, 6.45) is 0.927. The van der Waals surface area contributed by atoms with E-state index < -0.39 is 23.1 Å². The molecule has 1 aliphatic heterocycles. The van der Waals surface area contributed by atoms with Crippen molar-refractivity contribution in [3.8, 4) is 6.07 Å². The summed E-state index contributed by atoms with van der Waals surface area (Å²) in [6.45, 7) is 1.32. The molecule has 1 aliphatic rings. The lowest BCUT2D eigenvalue weighted by Gasteiger charge is -2.36. The molecule has 27 heavy (non-hydrogen) atoms. The molecule has 2 aromatic rings. The van der Waals surface area contributed by atoms with Gasteiger partial charge in [0.15, 0.2) is 0 Å². The van der Waals surface area contributed by atoms with E-state index in [0.29, 0.717) is 18.8 Å².